The number of hydrogen-bond acceptors (Lipinski definition) is 5. The number of aromatic nitrogens is 3. The predicted octanol–water partition coefficient (Wildman–Crippen LogP) is 6.72. The number of benzene rings is 2. The highest BCUT2D eigenvalue weighted by atomic mass is 16.5. The number of nitrogens with one attached hydrogen (secondary N) is 1. The first-order valence-electron chi connectivity index (χ1n) is 12.1. The molecule has 33 heavy (non-hydrogen) atoms. The van der Waals surface area contributed by atoms with Crippen LogP contribution in [0.4, 0.5) is 0 Å². The molecule has 3 rings (SSSR count). The summed E-state index contributed by atoms with van der Waals surface area (Å²) in [6, 6.07) is 15.5. The molecule has 0 saturated carbocycles. The van der Waals surface area contributed by atoms with Crippen LogP contribution in [0.1, 0.15) is 70.8 Å². The molecular weight excluding hydrogens is 414 g/mol. The fourth-order valence-corrected chi connectivity index (χ4v) is 3.74. The molecule has 6 nitrogen and oxygen atoms in total. The number of hydrogen-bond donors (Lipinski definition) is 1. The molecular formula is C27H35N3O3. The van der Waals surface area contributed by atoms with Crippen LogP contribution in [0.25, 0.3) is 22.8 Å². The van der Waals surface area contributed by atoms with Gasteiger partial charge < -0.3 is 9.47 Å². The summed E-state index contributed by atoms with van der Waals surface area (Å²) < 4.78 is 11.1. The van der Waals surface area contributed by atoms with Crippen LogP contribution in [0, 0.1) is 0 Å². The maximum absolute atomic E-state index is 12.2. The summed E-state index contributed by atoms with van der Waals surface area (Å²) in [6.07, 6.45) is 8.73. The van der Waals surface area contributed by atoms with E-state index in [2.05, 4.69) is 22.1 Å². The molecule has 0 amide bonds. The molecule has 0 saturated heterocycles. The smallest absolute Gasteiger partial charge is 0.306 e. The van der Waals surface area contributed by atoms with Crippen molar-refractivity contribution in [1.82, 2.24) is 15.2 Å². The first-order chi connectivity index (χ1) is 16.2. The van der Waals surface area contributed by atoms with E-state index in [1.165, 1.54) is 32.1 Å². The van der Waals surface area contributed by atoms with Gasteiger partial charge in [0.15, 0.2) is 11.6 Å². The fraction of sp³-hybridized carbons (Fsp3) is 0.444. The maximum Gasteiger partial charge on any atom is 0.306 e. The Balaban J connectivity index is 1.55. The van der Waals surface area contributed by atoms with Crippen molar-refractivity contribution in [3.8, 4) is 28.5 Å². The van der Waals surface area contributed by atoms with Crippen LogP contribution >= 0.6 is 0 Å². The van der Waals surface area contributed by atoms with Crippen molar-refractivity contribution in [3.05, 3.63) is 54.1 Å². The van der Waals surface area contributed by atoms with Crippen molar-refractivity contribution in [3.63, 3.8) is 0 Å². The number of aromatic amines is 1. The quantitative estimate of drug-likeness (QED) is 0.218. The largest absolute Gasteiger partial charge is 0.494 e. The molecule has 0 aliphatic rings. The average molecular weight is 450 g/mol. The van der Waals surface area contributed by atoms with Gasteiger partial charge in [-0.15, -0.1) is 0 Å². The second-order valence-electron chi connectivity index (χ2n) is 8.16. The van der Waals surface area contributed by atoms with E-state index in [1.807, 2.05) is 55.5 Å². The van der Waals surface area contributed by atoms with Gasteiger partial charge >= 0.3 is 5.97 Å². The summed E-state index contributed by atoms with van der Waals surface area (Å²) in [4.78, 5) is 16.9. The first-order valence-corrected chi connectivity index (χ1v) is 12.1. The van der Waals surface area contributed by atoms with Crippen LogP contribution in [0.2, 0.25) is 0 Å². The predicted molar refractivity (Wildman–Crippen MR) is 131 cm³/mol. The Bertz CT molecular complexity index is 1000. The summed E-state index contributed by atoms with van der Waals surface area (Å²) in [5, 5.41) is 7.40. The van der Waals surface area contributed by atoms with Crippen molar-refractivity contribution in [2.75, 3.05) is 6.61 Å². The Morgan fingerprint density at radius 1 is 0.939 bits per heavy atom. The summed E-state index contributed by atoms with van der Waals surface area (Å²) >= 11 is 0. The molecule has 1 aromatic heterocycles. The molecule has 0 aliphatic heterocycles. The molecule has 2 aromatic carbocycles. The van der Waals surface area contributed by atoms with Crippen LogP contribution in [-0.2, 0) is 16.1 Å². The molecule has 0 aliphatic carbocycles. The Kier molecular flexibility index (Phi) is 9.95. The van der Waals surface area contributed by atoms with Crippen LogP contribution < -0.4 is 4.74 Å². The normalized spacial score (nSPS) is 10.8. The van der Waals surface area contributed by atoms with Gasteiger partial charge in [-0.1, -0.05) is 81.8 Å². The number of H-pyrrole nitrogens is 1. The number of ether oxygens (including phenoxy) is 2. The van der Waals surface area contributed by atoms with Gasteiger partial charge in [-0.05, 0) is 25.5 Å². The van der Waals surface area contributed by atoms with Gasteiger partial charge in [0.1, 0.15) is 12.4 Å². The lowest BCUT2D eigenvalue weighted by molar-refractivity contribution is -0.145. The summed E-state index contributed by atoms with van der Waals surface area (Å²) in [5.74, 6) is 1.88. The van der Waals surface area contributed by atoms with E-state index in [4.69, 9.17) is 9.47 Å². The van der Waals surface area contributed by atoms with Crippen molar-refractivity contribution in [1.29, 1.82) is 0 Å². The molecule has 0 atom stereocenters. The first kappa shape index (κ1) is 24.5. The summed E-state index contributed by atoms with van der Waals surface area (Å²) in [6.45, 7) is 5.00. The minimum absolute atomic E-state index is 0.149. The third kappa shape index (κ3) is 7.74. The molecule has 0 spiro atoms. The molecule has 1 heterocycles. The molecule has 3 aromatic rings. The van der Waals surface area contributed by atoms with Gasteiger partial charge in [0.05, 0.1) is 6.61 Å². The minimum Gasteiger partial charge on any atom is -0.494 e. The van der Waals surface area contributed by atoms with E-state index in [9.17, 15) is 4.79 Å². The third-order valence-electron chi connectivity index (χ3n) is 5.53. The summed E-state index contributed by atoms with van der Waals surface area (Å²) in [7, 11) is 0. The Morgan fingerprint density at radius 3 is 2.55 bits per heavy atom. The lowest BCUT2D eigenvalue weighted by Crippen LogP contribution is -2.05. The Labute approximate surface area is 196 Å². The molecule has 0 radical (unpaired) electrons. The monoisotopic (exact) mass is 449 g/mol. The number of rotatable bonds is 14. The van der Waals surface area contributed by atoms with E-state index in [0.29, 0.717) is 24.7 Å². The van der Waals surface area contributed by atoms with Gasteiger partial charge in [-0.3, -0.25) is 9.89 Å². The standard InChI is InChI=1S/C27H35N3O3/c1-3-5-6-7-8-9-10-18-25(31)33-20-22-14-11-12-17-24(22)27-28-26(29-30-27)21-15-13-16-23(19-21)32-4-2/h11-17,19H,3-10,18,20H2,1-2H3,(H,28,29,30). The zero-order valence-corrected chi connectivity index (χ0v) is 19.8. The van der Waals surface area contributed by atoms with E-state index in [1.54, 1.807) is 0 Å². The topological polar surface area (TPSA) is 77.1 Å². The van der Waals surface area contributed by atoms with E-state index in [0.717, 1.165) is 35.3 Å². The number of carbonyl (C=O) groups is 1. The second-order valence-corrected chi connectivity index (χ2v) is 8.16. The second kappa shape index (κ2) is 13.4. The van der Waals surface area contributed by atoms with Crippen LogP contribution in [0.15, 0.2) is 48.5 Å². The van der Waals surface area contributed by atoms with Gasteiger partial charge in [-0.25, -0.2) is 4.98 Å². The van der Waals surface area contributed by atoms with Gasteiger partial charge in [0, 0.05) is 23.1 Å². The Hall–Kier alpha value is -3.15. The highest BCUT2D eigenvalue weighted by Crippen LogP contribution is 2.26. The molecule has 0 unspecified atom stereocenters. The van der Waals surface area contributed by atoms with E-state index >= 15 is 0 Å². The molecule has 176 valence electrons. The van der Waals surface area contributed by atoms with Crippen molar-refractivity contribution < 1.29 is 14.3 Å². The maximum atomic E-state index is 12.2. The third-order valence-corrected chi connectivity index (χ3v) is 5.53. The van der Waals surface area contributed by atoms with Gasteiger partial charge in [0.2, 0.25) is 0 Å². The zero-order valence-electron chi connectivity index (χ0n) is 19.8. The van der Waals surface area contributed by atoms with E-state index in [-0.39, 0.29) is 12.6 Å². The lowest BCUT2D eigenvalue weighted by Gasteiger charge is -2.08. The average Bonchev–Trinajstić information content (AvgIpc) is 3.33. The fourth-order valence-electron chi connectivity index (χ4n) is 3.74. The van der Waals surface area contributed by atoms with Crippen LogP contribution in [-0.4, -0.2) is 27.8 Å². The SMILES string of the molecule is CCCCCCCCCC(=O)OCc1ccccc1-c1nc(-c2cccc(OCC)c2)n[nH]1. The number of carbonyl (C=O) groups excluding carboxylic acids is 1. The van der Waals surface area contributed by atoms with Crippen LogP contribution in [0.3, 0.4) is 0 Å². The molecule has 0 fully saturated rings. The van der Waals surface area contributed by atoms with Gasteiger partial charge in [-0.2, -0.15) is 5.10 Å². The van der Waals surface area contributed by atoms with E-state index < -0.39 is 0 Å². The lowest BCUT2D eigenvalue weighted by atomic mass is 10.1. The van der Waals surface area contributed by atoms with Crippen LogP contribution in [0.5, 0.6) is 5.75 Å². The highest BCUT2D eigenvalue weighted by molar-refractivity contribution is 5.70. The Morgan fingerprint density at radius 2 is 1.73 bits per heavy atom. The minimum atomic E-state index is -0.149. The number of nitrogens with zero attached hydrogens (tertiary/aromatic N) is 2. The van der Waals surface area contributed by atoms with Crippen molar-refractivity contribution in [2.24, 2.45) is 0 Å². The van der Waals surface area contributed by atoms with Crippen molar-refractivity contribution >= 4 is 5.97 Å². The molecule has 0 bridgehead atoms. The van der Waals surface area contributed by atoms with Crippen molar-refractivity contribution in [2.45, 2.75) is 71.8 Å². The van der Waals surface area contributed by atoms with Gasteiger partial charge in [0.25, 0.3) is 0 Å². The zero-order chi connectivity index (χ0) is 23.3. The molecule has 6 heteroatoms. The number of esters is 1. The molecule has 1 N–H and O–H groups in total. The number of unbranched alkanes of at least 4 members (excludes halogenated alkanes) is 6. The summed E-state index contributed by atoms with van der Waals surface area (Å²) in [5.41, 5.74) is 2.65. The highest BCUT2D eigenvalue weighted by Gasteiger charge is 2.13.